The van der Waals surface area contributed by atoms with Crippen molar-refractivity contribution in [3.05, 3.63) is 29.8 Å². The molecule has 1 rings (SSSR count). The molecule has 1 N–H and O–H groups in total. The van der Waals surface area contributed by atoms with E-state index < -0.39 is 0 Å². The zero-order chi connectivity index (χ0) is 15.0. The highest BCUT2D eigenvalue weighted by atomic mass is 16.5. The number of para-hydroxylation sites is 1. The molecule has 114 valence electrons. The molecule has 0 saturated carbocycles. The molecule has 0 saturated heterocycles. The third-order valence-electron chi connectivity index (χ3n) is 3.34. The SMILES string of the molecule is CCCNC(c1ccccc1OCC)C(C)(C)OCC. The van der Waals surface area contributed by atoms with Gasteiger partial charge >= 0.3 is 0 Å². The van der Waals surface area contributed by atoms with E-state index in [2.05, 4.69) is 38.2 Å². The Balaban J connectivity index is 3.09. The third kappa shape index (κ3) is 4.50. The molecule has 0 heterocycles. The summed E-state index contributed by atoms with van der Waals surface area (Å²) in [6.07, 6.45) is 1.09. The average molecular weight is 279 g/mol. The van der Waals surface area contributed by atoms with E-state index in [1.807, 2.05) is 26.0 Å². The summed E-state index contributed by atoms with van der Waals surface area (Å²) in [6.45, 7) is 12.8. The van der Waals surface area contributed by atoms with E-state index in [4.69, 9.17) is 9.47 Å². The normalized spacial score (nSPS) is 13.2. The van der Waals surface area contributed by atoms with Gasteiger partial charge in [-0.2, -0.15) is 0 Å². The summed E-state index contributed by atoms with van der Waals surface area (Å²) in [7, 11) is 0. The summed E-state index contributed by atoms with van der Waals surface area (Å²) in [4.78, 5) is 0. The minimum absolute atomic E-state index is 0.116. The van der Waals surface area contributed by atoms with Crippen LogP contribution in [0, 0.1) is 0 Å². The predicted molar refractivity (Wildman–Crippen MR) is 84.4 cm³/mol. The molecule has 1 aromatic carbocycles. The molecule has 0 radical (unpaired) electrons. The second-order valence-corrected chi connectivity index (χ2v) is 5.39. The number of hydrogen-bond acceptors (Lipinski definition) is 3. The molecule has 0 aliphatic heterocycles. The van der Waals surface area contributed by atoms with Crippen molar-refractivity contribution in [3.8, 4) is 5.75 Å². The molecular weight excluding hydrogens is 250 g/mol. The molecule has 3 nitrogen and oxygen atoms in total. The van der Waals surface area contributed by atoms with Gasteiger partial charge in [0, 0.05) is 12.2 Å². The molecule has 0 fully saturated rings. The topological polar surface area (TPSA) is 30.5 Å². The highest BCUT2D eigenvalue weighted by Gasteiger charge is 2.32. The van der Waals surface area contributed by atoms with Gasteiger partial charge in [-0.05, 0) is 46.7 Å². The Morgan fingerprint density at radius 1 is 1.10 bits per heavy atom. The fourth-order valence-corrected chi connectivity index (χ4v) is 2.48. The van der Waals surface area contributed by atoms with E-state index in [-0.39, 0.29) is 11.6 Å². The Morgan fingerprint density at radius 3 is 2.40 bits per heavy atom. The zero-order valence-corrected chi connectivity index (χ0v) is 13.5. The lowest BCUT2D eigenvalue weighted by Crippen LogP contribution is -2.42. The van der Waals surface area contributed by atoms with Gasteiger partial charge in [0.15, 0.2) is 0 Å². The van der Waals surface area contributed by atoms with Gasteiger partial charge in [0.25, 0.3) is 0 Å². The molecular formula is C17H29NO2. The monoisotopic (exact) mass is 279 g/mol. The van der Waals surface area contributed by atoms with Gasteiger partial charge in [0.2, 0.25) is 0 Å². The Labute approximate surface area is 123 Å². The minimum Gasteiger partial charge on any atom is -0.494 e. The molecule has 0 aliphatic carbocycles. The molecule has 0 aliphatic rings. The van der Waals surface area contributed by atoms with E-state index in [9.17, 15) is 0 Å². The van der Waals surface area contributed by atoms with Crippen molar-refractivity contribution >= 4 is 0 Å². The summed E-state index contributed by atoms with van der Waals surface area (Å²) in [5, 5.41) is 3.60. The van der Waals surface area contributed by atoms with Crippen molar-refractivity contribution in [3.63, 3.8) is 0 Å². The molecule has 0 bridgehead atoms. The third-order valence-corrected chi connectivity index (χ3v) is 3.34. The largest absolute Gasteiger partial charge is 0.494 e. The van der Waals surface area contributed by atoms with Gasteiger partial charge in [-0.1, -0.05) is 25.1 Å². The van der Waals surface area contributed by atoms with Gasteiger partial charge in [-0.25, -0.2) is 0 Å². The maximum atomic E-state index is 5.96. The Bertz CT molecular complexity index is 390. The summed E-state index contributed by atoms with van der Waals surface area (Å²) in [6, 6.07) is 8.34. The second kappa shape index (κ2) is 8.28. The summed E-state index contributed by atoms with van der Waals surface area (Å²) < 4.78 is 11.7. The quantitative estimate of drug-likeness (QED) is 0.742. The summed E-state index contributed by atoms with van der Waals surface area (Å²) >= 11 is 0. The smallest absolute Gasteiger partial charge is 0.124 e. The first-order valence-corrected chi connectivity index (χ1v) is 7.65. The van der Waals surface area contributed by atoms with Crippen LogP contribution in [0.5, 0.6) is 5.75 Å². The van der Waals surface area contributed by atoms with Crippen LogP contribution >= 0.6 is 0 Å². The lowest BCUT2D eigenvalue weighted by molar-refractivity contribution is -0.0397. The van der Waals surface area contributed by atoms with Crippen molar-refractivity contribution in [1.29, 1.82) is 0 Å². The molecule has 1 atom stereocenters. The Hall–Kier alpha value is -1.06. The predicted octanol–water partition coefficient (Wildman–Crippen LogP) is 3.94. The number of hydrogen-bond donors (Lipinski definition) is 1. The van der Waals surface area contributed by atoms with E-state index in [1.165, 1.54) is 5.56 Å². The standard InChI is InChI=1S/C17H29NO2/c1-6-13-18-16(17(4,5)20-8-3)14-11-9-10-12-15(14)19-7-2/h9-12,16,18H,6-8,13H2,1-5H3. The van der Waals surface area contributed by atoms with Crippen molar-refractivity contribution in [2.24, 2.45) is 0 Å². The average Bonchev–Trinajstić information content (AvgIpc) is 2.41. The number of ether oxygens (including phenoxy) is 2. The second-order valence-electron chi connectivity index (χ2n) is 5.39. The van der Waals surface area contributed by atoms with Gasteiger partial charge < -0.3 is 14.8 Å². The first-order valence-electron chi connectivity index (χ1n) is 7.65. The van der Waals surface area contributed by atoms with Crippen molar-refractivity contribution in [2.45, 2.75) is 52.7 Å². The minimum atomic E-state index is -0.281. The van der Waals surface area contributed by atoms with Crippen LogP contribution in [-0.4, -0.2) is 25.4 Å². The molecule has 1 aromatic rings. The molecule has 20 heavy (non-hydrogen) atoms. The van der Waals surface area contributed by atoms with Gasteiger partial charge in [0.1, 0.15) is 5.75 Å². The molecule has 0 amide bonds. The fraction of sp³-hybridized carbons (Fsp3) is 0.647. The first-order chi connectivity index (χ1) is 9.56. The number of rotatable bonds is 9. The maximum absolute atomic E-state index is 5.96. The number of nitrogens with one attached hydrogen (secondary N) is 1. The zero-order valence-electron chi connectivity index (χ0n) is 13.5. The van der Waals surface area contributed by atoms with E-state index >= 15 is 0 Å². The van der Waals surface area contributed by atoms with Crippen LogP contribution in [0.15, 0.2) is 24.3 Å². The van der Waals surface area contributed by atoms with Gasteiger partial charge in [-0.3, -0.25) is 0 Å². The molecule has 0 aromatic heterocycles. The summed E-state index contributed by atoms with van der Waals surface area (Å²) in [5.41, 5.74) is 0.887. The lowest BCUT2D eigenvalue weighted by Gasteiger charge is -2.36. The maximum Gasteiger partial charge on any atom is 0.124 e. The molecule has 0 spiro atoms. The summed E-state index contributed by atoms with van der Waals surface area (Å²) in [5.74, 6) is 0.941. The first kappa shape index (κ1) is 17.0. The van der Waals surface area contributed by atoms with Crippen LogP contribution in [0.3, 0.4) is 0 Å². The van der Waals surface area contributed by atoms with Crippen LogP contribution in [0.1, 0.15) is 52.6 Å². The highest BCUT2D eigenvalue weighted by Crippen LogP contribution is 2.34. The number of benzene rings is 1. The van der Waals surface area contributed by atoms with Crippen LogP contribution in [0.4, 0.5) is 0 Å². The highest BCUT2D eigenvalue weighted by molar-refractivity contribution is 5.37. The lowest BCUT2D eigenvalue weighted by atomic mass is 9.90. The van der Waals surface area contributed by atoms with Crippen molar-refractivity contribution < 1.29 is 9.47 Å². The Morgan fingerprint density at radius 2 is 1.80 bits per heavy atom. The van der Waals surface area contributed by atoms with E-state index in [0.29, 0.717) is 13.2 Å². The van der Waals surface area contributed by atoms with Crippen LogP contribution < -0.4 is 10.1 Å². The van der Waals surface area contributed by atoms with Crippen LogP contribution in [-0.2, 0) is 4.74 Å². The van der Waals surface area contributed by atoms with Crippen molar-refractivity contribution in [2.75, 3.05) is 19.8 Å². The van der Waals surface area contributed by atoms with E-state index in [1.54, 1.807) is 0 Å². The molecule has 3 heteroatoms. The fourth-order valence-electron chi connectivity index (χ4n) is 2.48. The molecule has 1 unspecified atom stereocenters. The Kier molecular flexibility index (Phi) is 7.03. The van der Waals surface area contributed by atoms with Crippen LogP contribution in [0.2, 0.25) is 0 Å². The van der Waals surface area contributed by atoms with Crippen molar-refractivity contribution in [1.82, 2.24) is 5.32 Å². The van der Waals surface area contributed by atoms with Crippen LogP contribution in [0.25, 0.3) is 0 Å². The van der Waals surface area contributed by atoms with Gasteiger partial charge in [0.05, 0.1) is 18.2 Å². The van der Waals surface area contributed by atoms with Gasteiger partial charge in [-0.15, -0.1) is 0 Å². The van der Waals surface area contributed by atoms with E-state index in [0.717, 1.165) is 18.7 Å².